The van der Waals surface area contributed by atoms with E-state index in [1.54, 1.807) is 18.2 Å². The molecule has 2 aromatic carbocycles. The molecule has 3 nitrogen and oxygen atoms in total. The van der Waals surface area contributed by atoms with E-state index in [2.05, 4.69) is 43.0 Å². The molecule has 0 atom stereocenters. The molecule has 118 valence electrons. The second-order valence-corrected chi connectivity index (χ2v) is 7.22. The second kappa shape index (κ2) is 5.99. The molecule has 0 aliphatic carbocycles. The van der Waals surface area contributed by atoms with E-state index in [0.717, 1.165) is 5.56 Å². The van der Waals surface area contributed by atoms with Crippen LogP contribution >= 0.6 is 23.2 Å². The molecule has 0 aliphatic heterocycles. The predicted octanol–water partition coefficient (Wildman–Crippen LogP) is 6.01. The predicted molar refractivity (Wildman–Crippen MR) is 93.9 cm³/mol. The number of halogens is 2. The maximum absolute atomic E-state index is 6.18. The van der Waals surface area contributed by atoms with Crippen LogP contribution in [0.2, 0.25) is 10.0 Å². The smallest absolute Gasteiger partial charge is 0.258 e. The lowest BCUT2D eigenvalue weighted by Crippen LogP contribution is -2.10. The van der Waals surface area contributed by atoms with Gasteiger partial charge >= 0.3 is 0 Å². The van der Waals surface area contributed by atoms with Gasteiger partial charge in [0, 0.05) is 16.1 Å². The van der Waals surface area contributed by atoms with Crippen LogP contribution in [-0.2, 0) is 5.41 Å². The van der Waals surface area contributed by atoms with E-state index >= 15 is 0 Å². The standard InChI is InChI=1S/C18H16Cl2N2O/c1-18(2,3)12-6-4-11(5-7-12)17-21-16(22-23-17)14-9-8-13(19)10-15(14)20/h4-10H,1-3H3. The van der Waals surface area contributed by atoms with Crippen LogP contribution in [0.4, 0.5) is 0 Å². The zero-order valence-electron chi connectivity index (χ0n) is 13.1. The highest BCUT2D eigenvalue weighted by Crippen LogP contribution is 2.30. The Hall–Kier alpha value is -1.84. The van der Waals surface area contributed by atoms with E-state index in [1.165, 1.54) is 5.56 Å². The maximum Gasteiger partial charge on any atom is 0.258 e. The van der Waals surface area contributed by atoms with Gasteiger partial charge in [-0.05, 0) is 41.3 Å². The van der Waals surface area contributed by atoms with Crippen molar-refractivity contribution in [3.05, 3.63) is 58.1 Å². The molecule has 0 amide bonds. The molecule has 0 radical (unpaired) electrons. The first kappa shape index (κ1) is 16.0. The lowest BCUT2D eigenvalue weighted by Gasteiger charge is -2.18. The van der Waals surface area contributed by atoms with E-state index in [4.69, 9.17) is 27.7 Å². The summed E-state index contributed by atoms with van der Waals surface area (Å²) in [5.41, 5.74) is 2.93. The number of aromatic nitrogens is 2. The van der Waals surface area contributed by atoms with E-state index in [1.807, 2.05) is 12.1 Å². The van der Waals surface area contributed by atoms with Crippen molar-refractivity contribution < 1.29 is 4.52 Å². The largest absolute Gasteiger partial charge is 0.334 e. The first-order chi connectivity index (χ1) is 10.8. The molecule has 0 bridgehead atoms. The third-order valence-electron chi connectivity index (χ3n) is 3.60. The molecule has 0 saturated heterocycles. The van der Waals surface area contributed by atoms with E-state index < -0.39 is 0 Å². The zero-order valence-corrected chi connectivity index (χ0v) is 14.6. The summed E-state index contributed by atoms with van der Waals surface area (Å²) in [6.07, 6.45) is 0. The Morgan fingerprint density at radius 2 is 1.65 bits per heavy atom. The fourth-order valence-electron chi connectivity index (χ4n) is 2.23. The van der Waals surface area contributed by atoms with Gasteiger partial charge in [0.2, 0.25) is 5.82 Å². The fraction of sp³-hybridized carbons (Fsp3) is 0.222. The molecule has 5 heteroatoms. The molecular formula is C18H16Cl2N2O. The number of hydrogen-bond acceptors (Lipinski definition) is 3. The van der Waals surface area contributed by atoms with Crippen molar-refractivity contribution in [2.45, 2.75) is 26.2 Å². The summed E-state index contributed by atoms with van der Waals surface area (Å²) in [4.78, 5) is 4.43. The van der Waals surface area contributed by atoms with Crippen LogP contribution < -0.4 is 0 Å². The molecule has 0 aliphatic rings. The summed E-state index contributed by atoms with van der Waals surface area (Å²) in [7, 11) is 0. The van der Waals surface area contributed by atoms with Gasteiger partial charge in [-0.15, -0.1) is 0 Å². The van der Waals surface area contributed by atoms with E-state index in [9.17, 15) is 0 Å². The van der Waals surface area contributed by atoms with Crippen molar-refractivity contribution in [1.29, 1.82) is 0 Å². The van der Waals surface area contributed by atoms with Crippen molar-refractivity contribution in [2.24, 2.45) is 0 Å². The molecule has 1 heterocycles. The van der Waals surface area contributed by atoms with Gasteiger partial charge in [0.25, 0.3) is 5.89 Å². The van der Waals surface area contributed by atoms with Crippen LogP contribution in [0.1, 0.15) is 26.3 Å². The van der Waals surface area contributed by atoms with Gasteiger partial charge in [-0.2, -0.15) is 4.98 Å². The minimum atomic E-state index is 0.107. The number of rotatable bonds is 2. The first-order valence-electron chi connectivity index (χ1n) is 7.24. The van der Waals surface area contributed by atoms with Crippen LogP contribution in [0.3, 0.4) is 0 Å². The van der Waals surface area contributed by atoms with Crippen LogP contribution in [-0.4, -0.2) is 10.1 Å². The van der Waals surface area contributed by atoms with E-state index in [-0.39, 0.29) is 5.41 Å². The van der Waals surface area contributed by atoms with Crippen LogP contribution in [0.5, 0.6) is 0 Å². The van der Waals surface area contributed by atoms with E-state index in [0.29, 0.717) is 27.3 Å². The molecule has 3 aromatic rings. The Morgan fingerprint density at radius 1 is 0.957 bits per heavy atom. The van der Waals surface area contributed by atoms with Crippen molar-refractivity contribution in [2.75, 3.05) is 0 Å². The monoisotopic (exact) mass is 346 g/mol. The third-order valence-corrected chi connectivity index (χ3v) is 4.14. The highest BCUT2D eigenvalue weighted by molar-refractivity contribution is 6.36. The Morgan fingerprint density at radius 3 is 2.26 bits per heavy atom. The molecule has 0 N–H and O–H groups in total. The van der Waals surface area contributed by atoms with Gasteiger partial charge in [0.1, 0.15) is 0 Å². The summed E-state index contributed by atoms with van der Waals surface area (Å²) in [6, 6.07) is 13.3. The molecule has 1 aromatic heterocycles. The Kier molecular flexibility index (Phi) is 4.17. The van der Waals surface area contributed by atoms with Gasteiger partial charge in [-0.1, -0.05) is 61.3 Å². The molecule has 0 fully saturated rings. The van der Waals surface area contributed by atoms with Crippen molar-refractivity contribution in [1.82, 2.24) is 10.1 Å². The Balaban J connectivity index is 1.93. The normalized spacial score (nSPS) is 11.7. The average molecular weight is 347 g/mol. The summed E-state index contributed by atoms with van der Waals surface area (Å²) in [5, 5.41) is 5.07. The van der Waals surface area contributed by atoms with Crippen LogP contribution in [0.15, 0.2) is 47.0 Å². The van der Waals surface area contributed by atoms with Gasteiger partial charge in [0.15, 0.2) is 0 Å². The van der Waals surface area contributed by atoms with Gasteiger partial charge in [0.05, 0.1) is 5.02 Å². The van der Waals surface area contributed by atoms with Crippen molar-refractivity contribution in [3.63, 3.8) is 0 Å². The molecule has 23 heavy (non-hydrogen) atoms. The molecule has 0 unspecified atom stereocenters. The quantitative estimate of drug-likeness (QED) is 0.570. The lowest BCUT2D eigenvalue weighted by atomic mass is 9.87. The maximum atomic E-state index is 6.18. The number of benzene rings is 2. The second-order valence-electron chi connectivity index (χ2n) is 6.37. The highest BCUT2D eigenvalue weighted by Gasteiger charge is 2.16. The third kappa shape index (κ3) is 3.41. The van der Waals surface area contributed by atoms with Gasteiger partial charge < -0.3 is 4.52 Å². The van der Waals surface area contributed by atoms with Crippen molar-refractivity contribution >= 4 is 23.2 Å². The van der Waals surface area contributed by atoms with Crippen LogP contribution in [0.25, 0.3) is 22.8 Å². The molecular weight excluding hydrogens is 331 g/mol. The molecule has 0 saturated carbocycles. The number of hydrogen-bond donors (Lipinski definition) is 0. The van der Waals surface area contributed by atoms with Crippen molar-refractivity contribution in [3.8, 4) is 22.8 Å². The average Bonchev–Trinajstić information content (AvgIpc) is 2.96. The minimum Gasteiger partial charge on any atom is -0.334 e. The highest BCUT2D eigenvalue weighted by atomic mass is 35.5. The number of nitrogens with zero attached hydrogens (tertiary/aromatic N) is 2. The minimum absolute atomic E-state index is 0.107. The summed E-state index contributed by atoms with van der Waals surface area (Å²) < 4.78 is 5.36. The van der Waals surface area contributed by atoms with Gasteiger partial charge in [-0.25, -0.2) is 0 Å². The summed E-state index contributed by atoms with van der Waals surface area (Å²) in [5.74, 6) is 0.910. The SMILES string of the molecule is CC(C)(C)c1ccc(-c2nc(-c3ccc(Cl)cc3Cl)no2)cc1. The Bertz CT molecular complexity index is 833. The topological polar surface area (TPSA) is 38.9 Å². The van der Waals surface area contributed by atoms with Crippen LogP contribution in [0, 0.1) is 0 Å². The zero-order chi connectivity index (χ0) is 16.6. The lowest BCUT2D eigenvalue weighted by molar-refractivity contribution is 0.432. The molecule has 3 rings (SSSR count). The first-order valence-corrected chi connectivity index (χ1v) is 8.00. The Labute approximate surface area is 145 Å². The fourth-order valence-corrected chi connectivity index (χ4v) is 2.73. The summed E-state index contributed by atoms with van der Waals surface area (Å²) in [6.45, 7) is 6.53. The summed E-state index contributed by atoms with van der Waals surface area (Å²) >= 11 is 12.1. The van der Waals surface area contributed by atoms with Gasteiger partial charge in [-0.3, -0.25) is 0 Å². The molecule has 0 spiro atoms.